The number of benzene rings is 2. The molecule has 3 aromatic rings. The minimum absolute atomic E-state index is 0.0783. The standard InChI is InChI=1S/C18H17NO4/c1-10(20)11-6-5-7-12-13-8-15(22-3)16(23-4)9-14(13)18(21)19(2)17(11)12/h5-9H,1-4H3. The number of aromatic nitrogens is 1. The molecule has 0 aliphatic heterocycles. The zero-order valence-electron chi connectivity index (χ0n) is 13.5. The van der Waals surface area contributed by atoms with Crippen molar-refractivity contribution in [1.29, 1.82) is 0 Å². The van der Waals surface area contributed by atoms with Crippen molar-refractivity contribution in [3.63, 3.8) is 0 Å². The topological polar surface area (TPSA) is 57.5 Å². The van der Waals surface area contributed by atoms with Crippen LogP contribution in [0.15, 0.2) is 35.1 Å². The molecule has 2 aromatic carbocycles. The molecule has 3 rings (SSSR count). The zero-order chi connectivity index (χ0) is 16.7. The first-order chi connectivity index (χ1) is 11.0. The molecule has 0 aliphatic carbocycles. The Kier molecular flexibility index (Phi) is 3.56. The second kappa shape index (κ2) is 5.43. The van der Waals surface area contributed by atoms with Crippen molar-refractivity contribution in [3.05, 3.63) is 46.2 Å². The molecule has 5 nitrogen and oxygen atoms in total. The number of Topliss-reactive ketones (excluding diaryl/α,β-unsaturated/α-hetero) is 1. The summed E-state index contributed by atoms with van der Waals surface area (Å²) >= 11 is 0. The Morgan fingerprint density at radius 2 is 1.61 bits per heavy atom. The third kappa shape index (κ3) is 2.16. The highest BCUT2D eigenvalue weighted by Gasteiger charge is 2.16. The van der Waals surface area contributed by atoms with Gasteiger partial charge in [-0.1, -0.05) is 12.1 Å². The summed E-state index contributed by atoms with van der Waals surface area (Å²) in [6, 6.07) is 8.91. The Labute approximate surface area is 133 Å². The normalized spacial score (nSPS) is 11.0. The predicted octanol–water partition coefficient (Wildman–Crippen LogP) is 2.91. The van der Waals surface area contributed by atoms with Crippen LogP contribution in [0.2, 0.25) is 0 Å². The number of aryl methyl sites for hydroxylation is 1. The fourth-order valence-corrected chi connectivity index (χ4v) is 2.97. The van der Waals surface area contributed by atoms with E-state index in [0.29, 0.717) is 28.0 Å². The molecule has 5 heteroatoms. The van der Waals surface area contributed by atoms with Crippen LogP contribution in [-0.2, 0) is 7.05 Å². The Morgan fingerprint density at radius 3 is 2.17 bits per heavy atom. The molecule has 23 heavy (non-hydrogen) atoms. The van der Waals surface area contributed by atoms with Gasteiger partial charge in [-0.15, -0.1) is 0 Å². The molecule has 118 valence electrons. The van der Waals surface area contributed by atoms with Crippen molar-refractivity contribution in [3.8, 4) is 11.5 Å². The van der Waals surface area contributed by atoms with Gasteiger partial charge in [-0.2, -0.15) is 0 Å². The molecule has 0 aliphatic rings. The van der Waals surface area contributed by atoms with Crippen LogP contribution in [0.1, 0.15) is 17.3 Å². The van der Waals surface area contributed by atoms with Crippen molar-refractivity contribution >= 4 is 27.5 Å². The van der Waals surface area contributed by atoms with Crippen LogP contribution in [-0.4, -0.2) is 24.6 Å². The number of pyridine rings is 1. The maximum absolute atomic E-state index is 12.7. The first-order valence-corrected chi connectivity index (χ1v) is 7.18. The molecule has 1 heterocycles. The number of carbonyl (C=O) groups excluding carboxylic acids is 1. The number of para-hydroxylation sites is 1. The highest BCUT2D eigenvalue weighted by Crippen LogP contribution is 2.34. The van der Waals surface area contributed by atoms with Crippen molar-refractivity contribution in [2.75, 3.05) is 14.2 Å². The second-order valence-corrected chi connectivity index (χ2v) is 5.37. The maximum Gasteiger partial charge on any atom is 0.258 e. The Hall–Kier alpha value is -2.82. The molecule has 0 unspecified atom stereocenters. The van der Waals surface area contributed by atoms with E-state index in [4.69, 9.17) is 9.47 Å². The van der Waals surface area contributed by atoms with Gasteiger partial charge in [-0.05, 0) is 25.1 Å². The summed E-state index contributed by atoms with van der Waals surface area (Å²) in [6.45, 7) is 1.50. The van der Waals surface area contributed by atoms with E-state index in [1.54, 1.807) is 32.4 Å². The van der Waals surface area contributed by atoms with Crippen LogP contribution in [0.25, 0.3) is 21.7 Å². The van der Waals surface area contributed by atoms with E-state index in [0.717, 1.165) is 10.8 Å². The molecule has 0 saturated heterocycles. The van der Waals surface area contributed by atoms with Gasteiger partial charge in [0.1, 0.15) is 0 Å². The van der Waals surface area contributed by atoms with E-state index in [9.17, 15) is 9.59 Å². The van der Waals surface area contributed by atoms with Crippen molar-refractivity contribution < 1.29 is 14.3 Å². The number of rotatable bonds is 3. The third-order valence-corrected chi connectivity index (χ3v) is 4.10. The molecular weight excluding hydrogens is 294 g/mol. The monoisotopic (exact) mass is 311 g/mol. The van der Waals surface area contributed by atoms with Crippen LogP contribution in [0.3, 0.4) is 0 Å². The fraction of sp³-hybridized carbons (Fsp3) is 0.222. The van der Waals surface area contributed by atoms with Crippen LogP contribution < -0.4 is 15.0 Å². The maximum atomic E-state index is 12.7. The largest absolute Gasteiger partial charge is 0.493 e. The van der Waals surface area contributed by atoms with E-state index < -0.39 is 0 Å². The Morgan fingerprint density at radius 1 is 1.00 bits per heavy atom. The smallest absolute Gasteiger partial charge is 0.258 e. The lowest BCUT2D eigenvalue weighted by Crippen LogP contribution is -2.19. The number of methoxy groups -OCH3 is 2. The Balaban J connectivity index is 2.61. The Bertz CT molecular complexity index is 1000. The van der Waals surface area contributed by atoms with Crippen molar-refractivity contribution in [1.82, 2.24) is 4.57 Å². The molecule has 0 bridgehead atoms. The summed E-state index contributed by atoms with van der Waals surface area (Å²) in [6.07, 6.45) is 0. The molecule has 0 amide bonds. The SMILES string of the molecule is COc1cc2c(=O)n(C)c3c(C(C)=O)cccc3c2cc1OC. The molecule has 1 aromatic heterocycles. The number of ether oxygens (including phenoxy) is 2. The van der Waals surface area contributed by atoms with E-state index in [1.165, 1.54) is 18.6 Å². The number of fused-ring (bicyclic) bond motifs is 3. The van der Waals surface area contributed by atoms with Crippen LogP contribution in [0.4, 0.5) is 0 Å². The van der Waals surface area contributed by atoms with E-state index >= 15 is 0 Å². The summed E-state index contributed by atoms with van der Waals surface area (Å²) in [5.74, 6) is 0.965. The van der Waals surface area contributed by atoms with Gasteiger partial charge in [0.15, 0.2) is 17.3 Å². The molecule has 0 N–H and O–H groups in total. The van der Waals surface area contributed by atoms with Crippen LogP contribution in [0.5, 0.6) is 11.5 Å². The van der Waals surface area contributed by atoms with E-state index in [-0.39, 0.29) is 11.3 Å². The molecule has 0 fully saturated rings. The number of carbonyl (C=O) groups is 1. The lowest BCUT2D eigenvalue weighted by atomic mass is 10.0. The quantitative estimate of drug-likeness (QED) is 0.551. The average Bonchev–Trinajstić information content (AvgIpc) is 2.57. The molecular formula is C18H17NO4. The van der Waals surface area contributed by atoms with Crippen molar-refractivity contribution in [2.24, 2.45) is 7.05 Å². The first-order valence-electron chi connectivity index (χ1n) is 7.18. The highest BCUT2D eigenvalue weighted by atomic mass is 16.5. The van der Waals surface area contributed by atoms with E-state index in [1.807, 2.05) is 12.1 Å². The summed E-state index contributed by atoms with van der Waals surface area (Å²) in [7, 11) is 4.75. The van der Waals surface area contributed by atoms with Crippen LogP contribution in [0, 0.1) is 0 Å². The number of hydrogen-bond donors (Lipinski definition) is 0. The third-order valence-electron chi connectivity index (χ3n) is 4.10. The van der Waals surface area contributed by atoms with Crippen LogP contribution >= 0.6 is 0 Å². The lowest BCUT2D eigenvalue weighted by molar-refractivity contribution is 0.101. The zero-order valence-corrected chi connectivity index (χ0v) is 13.5. The van der Waals surface area contributed by atoms with Gasteiger partial charge >= 0.3 is 0 Å². The predicted molar refractivity (Wildman–Crippen MR) is 89.8 cm³/mol. The van der Waals surface area contributed by atoms with Gasteiger partial charge in [-0.3, -0.25) is 9.59 Å². The number of hydrogen-bond acceptors (Lipinski definition) is 4. The van der Waals surface area contributed by atoms with Gasteiger partial charge < -0.3 is 14.0 Å². The average molecular weight is 311 g/mol. The summed E-state index contributed by atoms with van der Waals surface area (Å²) < 4.78 is 12.1. The van der Waals surface area contributed by atoms with Gasteiger partial charge in [0.25, 0.3) is 5.56 Å². The van der Waals surface area contributed by atoms with Gasteiger partial charge in [0, 0.05) is 23.4 Å². The van der Waals surface area contributed by atoms with Crippen molar-refractivity contribution in [2.45, 2.75) is 6.92 Å². The minimum atomic E-state index is -0.179. The first kappa shape index (κ1) is 15.1. The number of ketones is 1. The summed E-state index contributed by atoms with van der Waals surface area (Å²) in [5.41, 5.74) is 0.977. The summed E-state index contributed by atoms with van der Waals surface area (Å²) in [4.78, 5) is 24.7. The lowest BCUT2D eigenvalue weighted by Gasteiger charge is -2.14. The molecule has 0 spiro atoms. The van der Waals surface area contributed by atoms with Gasteiger partial charge in [0.2, 0.25) is 0 Å². The summed E-state index contributed by atoms with van der Waals surface area (Å²) in [5, 5.41) is 2.10. The molecule has 0 saturated carbocycles. The van der Waals surface area contributed by atoms with Gasteiger partial charge in [-0.25, -0.2) is 0 Å². The number of nitrogens with zero attached hydrogens (tertiary/aromatic N) is 1. The fourth-order valence-electron chi connectivity index (χ4n) is 2.97. The second-order valence-electron chi connectivity index (χ2n) is 5.37. The molecule has 0 atom stereocenters. The highest BCUT2D eigenvalue weighted by molar-refractivity contribution is 6.14. The minimum Gasteiger partial charge on any atom is -0.493 e. The van der Waals surface area contributed by atoms with Gasteiger partial charge in [0.05, 0.1) is 25.1 Å². The van der Waals surface area contributed by atoms with E-state index in [2.05, 4.69) is 0 Å². The molecule has 0 radical (unpaired) electrons.